The van der Waals surface area contributed by atoms with Crippen molar-refractivity contribution < 1.29 is 41.5 Å². The number of aryl methyl sites for hydroxylation is 4. The van der Waals surface area contributed by atoms with E-state index in [0.29, 0.717) is 46.4 Å². The van der Waals surface area contributed by atoms with Crippen LogP contribution in [0.2, 0.25) is 0 Å². The molecule has 8 aromatic carbocycles. The number of piperidine rings is 5. The summed E-state index contributed by atoms with van der Waals surface area (Å²) in [5.41, 5.74) is 14.9. The summed E-state index contributed by atoms with van der Waals surface area (Å²) in [6.07, 6.45) is 27.1. The number of halogens is 4. The Labute approximate surface area is 809 Å². The molecule has 8 fully saturated rings. The second-order valence-electron chi connectivity index (χ2n) is 40.2. The summed E-state index contributed by atoms with van der Waals surface area (Å²) in [4.78, 5) is 75.7. The number of amides is 4. The molecule has 12 aliphatic rings. The lowest BCUT2D eigenvalue weighted by atomic mass is 9.73. The van der Waals surface area contributed by atoms with Crippen molar-refractivity contribution in [2.45, 2.75) is 155 Å². The summed E-state index contributed by atoms with van der Waals surface area (Å²) in [7, 11) is 9.58. The molecule has 12 aromatic rings. The molecule has 4 aromatic heterocycles. The minimum atomic E-state index is -0.510. The first kappa shape index (κ1) is 92.6. The van der Waals surface area contributed by atoms with Crippen LogP contribution in [0.1, 0.15) is 128 Å². The quantitative estimate of drug-likeness (QED) is 0.0898. The lowest BCUT2D eigenvalue weighted by Crippen LogP contribution is -2.56. The highest BCUT2D eigenvalue weighted by atomic mass is 32.2. The van der Waals surface area contributed by atoms with Crippen molar-refractivity contribution in [2.75, 3.05) is 130 Å². The van der Waals surface area contributed by atoms with Gasteiger partial charge in [-0.15, -0.1) is 0 Å². The SMILES string of the molecule is CN1CCCC(N2CCC3(CC2)C(=O)N(Cc2ccc(-c4cnn(C)c4)cc2F)c2ccccc23)C1.Cn1cc(-c2ccc(CN3C(=O)C4(CCN(C5CCCSC5)CC4)c4ccccc43)c(F)c2)cn1.Cn1cc(-c2ccc(CN3C(=O)C4(CCN(C5CCNC5)CC4)c4ccccc43)c(F)c2)cn1.Cn1cc(-c2ccc(CN3C(=O)C4(CCN(C5COC5)CC4)c4ccccc43)c(F)c2)cn1. The number of rotatable bonds is 16. The third-order valence-corrected chi connectivity index (χ3v) is 33.4. The van der Waals surface area contributed by atoms with Crippen LogP contribution in [-0.4, -0.2) is 222 Å². The average Bonchev–Trinajstić information content (AvgIpc) is 1.58. The fourth-order valence-electron chi connectivity index (χ4n) is 24.2. The number of nitrogens with one attached hydrogen (secondary N) is 1. The van der Waals surface area contributed by atoms with Gasteiger partial charge in [-0.3, -0.25) is 57.5 Å². The van der Waals surface area contributed by atoms with Gasteiger partial charge in [-0.2, -0.15) is 32.2 Å². The van der Waals surface area contributed by atoms with Crippen molar-refractivity contribution in [1.29, 1.82) is 0 Å². The molecule has 24 rings (SSSR count). The number of ether oxygens (including phenoxy) is 1. The van der Waals surface area contributed by atoms with Crippen LogP contribution in [0.4, 0.5) is 40.3 Å². The molecule has 0 bridgehead atoms. The van der Waals surface area contributed by atoms with Crippen molar-refractivity contribution in [1.82, 2.24) is 68.9 Å². The van der Waals surface area contributed by atoms with E-state index in [4.69, 9.17) is 4.74 Å². The highest BCUT2D eigenvalue weighted by Gasteiger charge is 2.57. The van der Waals surface area contributed by atoms with Crippen LogP contribution >= 0.6 is 11.8 Å². The number of nitrogens with zero attached hydrogens (tertiary/aromatic N) is 17. The largest absolute Gasteiger partial charge is 0.378 e. The predicted octanol–water partition coefficient (Wildman–Crippen LogP) is 16.2. The number of thioether (sulfide) groups is 1. The van der Waals surface area contributed by atoms with E-state index in [0.717, 1.165) is 226 Å². The predicted molar refractivity (Wildman–Crippen MR) is 532 cm³/mol. The summed E-state index contributed by atoms with van der Waals surface area (Å²) in [5, 5.41) is 20.2. The maximum Gasteiger partial charge on any atom is 0.238 e. The van der Waals surface area contributed by atoms with Crippen LogP contribution in [0.3, 0.4) is 0 Å². The molecule has 23 nitrogen and oxygen atoms in total. The Hall–Kier alpha value is -11.7. The van der Waals surface area contributed by atoms with E-state index < -0.39 is 21.7 Å². The zero-order valence-electron chi connectivity index (χ0n) is 79.5. The van der Waals surface area contributed by atoms with Gasteiger partial charge < -0.3 is 34.6 Å². The molecule has 3 unspecified atom stereocenters. The molecule has 3 atom stereocenters. The molecule has 16 heterocycles. The molecule has 4 amide bonds. The molecule has 4 spiro atoms. The molecule has 0 radical (unpaired) electrons. The topological polar surface area (TPSA) is 190 Å². The van der Waals surface area contributed by atoms with E-state index >= 15 is 17.6 Å². The first-order valence-electron chi connectivity index (χ1n) is 49.4. The molecule has 0 aliphatic carbocycles. The third kappa shape index (κ3) is 17.6. The van der Waals surface area contributed by atoms with Gasteiger partial charge >= 0.3 is 0 Å². The smallest absolute Gasteiger partial charge is 0.238 e. The zero-order chi connectivity index (χ0) is 94.7. The van der Waals surface area contributed by atoms with Crippen LogP contribution in [0.25, 0.3) is 44.5 Å². The molecule has 28 heteroatoms. The van der Waals surface area contributed by atoms with E-state index in [1.165, 1.54) is 56.2 Å². The van der Waals surface area contributed by atoms with Crippen molar-refractivity contribution in [2.24, 2.45) is 28.2 Å². The van der Waals surface area contributed by atoms with Gasteiger partial charge in [0.05, 0.1) is 91.9 Å². The number of para-hydroxylation sites is 4. The van der Waals surface area contributed by atoms with Crippen LogP contribution in [0.15, 0.2) is 219 Å². The number of carbonyl (C=O) groups is 4. The van der Waals surface area contributed by atoms with E-state index in [1.807, 2.05) is 171 Å². The number of anilines is 4. The molecular weight excluding hydrogens is 1760 g/mol. The molecule has 138 heavy (non-hydrogen) atoms. The summed E-state index contributed by atoms with van der Waals surface area (Å²) in [5.74, 6) is 1.77. The molecule has 1 N–H and O–H groups in total. The summed E-state index contributed by atoms with van der Waals surface area (Å²) < 4.78 is 72.9. The number of hydrogen-bond acceptors (Lipinski definition) is 16. The highest BCUT2D eigenvalue weighted by Crippen LogP contribution is 2.55. The standard InChI is InChI=1S/C29H34FN5O.C28H31FN4OS.C27H30FN5O.C26H27FN4O2/c1-32-13-5-6-24(20-32)34-14-11-29(12-15-34)25-7-3-4-8-27(25)35(28(29)36)19-22-10-9-21(16-26(22)30)23-17-31-33(2)18-23;1-31-17-22(16-30-31)20-8-9-21(25(29)15-20)18-33-26-7-3-2-6-24(26)28(27(33)34)10-12-32(13-11-28)23-5-4-14-35-19-23;1-31-17-21(15-30-31)19-6-7-20(24(28)14-19)18-33-25-5-3-2-4-23(25)27(26(33)34)9-12-32(13-10-27)22-8-11-29-16-22;1-29-14-20(13-28-29)18-6-7-19(23(27)12-18)15-31-24-5-3-2-4-22(24)26(25(31)32)8-10-30(11-9-26)21-16-33-17-21/h3-4,7-10,16-18,24H,5-6,11-15,19-20H2,1-2H3;2-3,6-9,15-17,23H,4-5,10-14,18-19H2,1H3;2-7,14-15,17,22,29H,8-13,16,18H2,1H3;2-7,12-14,21H,8-11,15-17H2,1H3. The lowest BCUT2D eigenvalue weighted by Gasteiger charge is -2.44. The van der Waals surface area contributed by atoms with Crippen molar-refractivity contribution in [3.05, 3.63) is 287 Å². The summed E-state index contributed by atoms with van der Waals surface area (Å²) in [6.45, 7) is 14.3. The van der Waals surface area contributed by atoms with Crippen LogP contribution in [0.5, 0.6) is 0 Å². The minimum Gasteiger partial charge on any atom is -0.378 e. The van der Waals surface area contributed by atoms with Gasteiger partial charge in [0.25, 0.3) is 0 Å². The number of likely N-dealkylation sites (tertiary alicyclic amines) is 5. The number of fused-ring (bicyclic) bond motifs is 8. The highest BCUT2D eigenvalue weighted by molar-refractivity contribution is 7.99. The summed E-state index contributed by atoms with van der Waals surface area (Å²) in [6, 6.07) is 55.7. The van der Waals surface area contributed by atoms with Crippen LogP contribution in [0, 0.1) is 23.3 Å². The minimum absolute atomic E-state index is 0.101. The first-order valence-corrected chi connectivity index (χ1v) is 50.5. The Balaban J connectivity index is 0.000000110. The van der Waals surface area contributed by atoms with E-state index in [2.05, 4.69) is 93.3 Å². The average molecular weight is 1880 g/mol. The van der Waals surface area contributed by atoms with Gasteiger partial charge in [-0.25, -0.2) is 17.6 Å². The van der Waals surface area contributed by atoms with Gasteiger partial charge in [0.15, 0.2) is 0 Å². The van der Waals surface area contributed by atoms with Gasteiger partial charge in [0, 0.05) is 157 Å². The number of carbonyl (C=O) groups excluding carboxylic acids is 4. The maximum absolute atomic E-state index is 15.2. The van der Waals surface area contributed by atoms with Crippen molar-refractivity contribution in [3.63, 3.8) is 0 Å². The van der Waals surface area contributed by atoms with Crippen molar-refractivity contribution in [3.8, 4) is 44.5 Å². The molecule has 716 valence electrons. The maximum atomic E-state index is 15.2. The number of likely N-dealkylation sites (N-methyl/N-ethyl adjacent to an activating group) is 1. The van der Waals surface area contributed by atoms with Gasteiger partial charge in [0.1, 0.15) is 23.3 Å². The second-order valence-corrected chi connectivity index (χ2v) is 41.4. The van der Waals surface area contributed by atoms with Crippen LogP contribution in [-0.2, 0) is 99.9 Å². The monoisotopic (exact) mass is 1880 g/mol. The number of benzene rings is 8. The Bertz CT molecular complexity index is 6500. The van der Waals surface area contributed by atoms with Crippen molar-refractivity contribution >= 4 is 58.1 Å². The van der Waals surface area contributed by atoms with Gasteiger partial charge in [-0.05, 0) is 255 Å². The number of hydrogen-bond donors (Lipinski definition) is 1. The van der Waals surface area contributed by atoms with E-state index in [9.17, 15) is 19.2 Å². The van der Waals surface area contributed by atoms with E-state index in [1.54, 1.807) is 84.8 Å². The molecule has 12 aliphatic heterocycles. The fraction of sp³-hybridized carbons (Fsp3) is 0.418. The Morgan fingerprint density at radius 1 is 0.355 bits per heavy atom. The second kappa shape index (κ2) is 38.8. The lowest BCUT2D eigenvalue weighted by molar-refractivity contribution is -0.127. The fourth-order valence-corrected chi connectivity index (χ4v) is 25.4. The molecule has 8 saturated heterocycles. The normalized spacial score (nSPS) is 21.7. The van der Waals surface area contributed by atoms with Gasteiger partial charge in [-0.1, -0.05) is 121 Å². The molecule has 0 saturated carbocycles. The Kier molecular flexibility index (Phi) is 26.0. The first-order chi connectivity index (χ1) is 67.1. The van der Waals surface area contributed by atoms with E-state index in [-0.39, 0.29) is 73.1 Å². The zero-order valence-corrected chi connectivity index (χ0v) is 80.3. The Morgan fingerprint density at radius 3 is 0.928 bits per heavy atom. The third-order valence-electron chi connectivity index (χ3n) is 32.2. The van der Waals surface area contributed by atoms with Crippen LogP contribution < -0.4 is 24.9 Å². The Morgan fingerprint density at radius 2 is 0.659 bits per heavy atom. The summed E-state index contributed by atoms with van der Waals surface area (Å²) >= 11 is 2.06. The van der Waals surface area contributed by atoms with Gasteiger partial charge in [0.2, 0.25) is 23.6 Å². The number of aromatic nitrogens is 8. The molecular formula is C110H122F4N18O5S.